The van der Waals surface area contributed by atoms with Gasteiger partial charge in [-0.1, -0.05) is 54.6 Å². The summed E-state index contributed by atoms with van der Waals surface area (Å²) in [6.45, 7) is 0. The van der Waals surface area contributed by atoms with Crippen LogP contribution in [0.5, 0.6) is 0 Å². The number of nitrogens with two attached hydrogens (primary N) is 1. The second-order valence-corrected chi connectivity index (χ2v) is 8.18. The van der Waals surface area contributed by atoms with E-state index in [1.807, 2.05) is 30.3 Å². The standard InChI is InChI=1S/C21H24N2O4S/c22-20(24)13-12-18(15-16-28(26,27)19-9-5-2-6-10-19)23-21(25)14-11-17-7-3-1-4-8-17/h1-10,15-16,18H,11-14H2,(H2,22,24)(H,23,25). The molecule has 2 aromatic rings. The summed E-state index contributed by atoms with van der Waals surface area (Å²) in [5.41, 5.74) is 6.22. The van der Waals surface area contributed by atoms with Gasteiger partial charge in [0, 0.05) is 24.3 Å². The maximum absolute atomic E-state index is 12.4. The van der Waals surface area contributed by atoms with Crippen molar-refractivity contribution in [3.05, 3.63) is 77.7 Å². The Kier molecular flexibility index (Phi) is 7.95. The molecule has 2 amide bonds. The van der Waals surface area contributed by atoms with Gasteiger partial charge in [-0.15, -0.1) is 0 Å². The SMILES string of the molecule is NC(=O)CCC(C=CS(=O)(=O)c1ccccc1)NC(=O)CCc1ccccc1. The van der Waals surface area contributed by atoms with Crippen LogP contribution in [0, 0.1) is 0 Å². The van der Waals surface area contributed by atoms with Gasteiger partial charge in [-0.05, 0) is 30.5 Å². The summed E-state index contributed by atoms with van der Waals surface area (Å²) in [6.07, 6.45) is 2.50. The van der Waals surface area contributed by atoms with Crippen LogP contribution < -0.4 is 11.1 Å². The summed E-state index contributed by atoms with van der Waals surface area (Å²) in [5.74, 6) is -0.733. The maximum Gasteiger partial charge on any atom is 0.220 e. The fourth-order valence-electron chi connectivity index (χ4n) is 2.58. The number of hydrogen-bond acceptors (Lipinski definition) is 4. The number of sulfone groups is 1. The number of nitrogens with one attached hydrogen (secondary N) is 1. The Labute approximate surface area is 165 Å². The Morgan fingerprint density at radius 3 is 2.18 bits per heavy atom. The predicted octanol–water partition coefficient (Wildman–Crippen LogP) is 2.36. The van der Waals surface area contributed by atoms with Crippen molar-refractivity contribution in [3.8, 4) is 0 Å². The van der Waals surface area contributed by atoms with Gasteiger partial charge in [-0.3, -0.25) is 9.59 Å². The second kappa shape index (κ2) is 10.4. The van der Waals surface area contributed by atoms with Crippen molar-refractivity contribution >= 4 is 21.7 Å². The number of carbonyl (C=O) groups is 2. The largest absolute Gasteiger partial charge is 0.370 e. The van der Waals surface area contributed by atoms with E-state index >= 15 is 0 Å². The van der Waals surface area contributed by atoms with Crippen molar-refractivity contribution in [2.45, 2.75) is 36.6 Å². The third kappa shape index (κ3) is 7.36. The maximum atomic E-state index is 12.4. The molecule has 0 aliphatic rings. The first-order chi connectivity index (χ1) is 13.4. The van der Waals surface area contributed by atoms with E-state index in [1.165, 1.54) is 18.2 Å². The number of aryl methyl sites for hydroxylation is 1. The highest BCUT2D eigenvalue weighted by molar-refractivity contribution is 7.94. The zero-order valence-electron chi connectivity index (χ0n) is 15.5. The molecule has 0 fully saturated rings. The first-order valence-corrected chi connectivity index (χ1v) is 10.5. The molecule has 1 atom stereocenters. The van der Waals surface area contributed by atoms with Gasteiger partial charge in [0.1, 0.15) is 0 Å². The van der Waals surface area contributed by atoms with E-state index in [2.05, 4.69) is 5.32 Å². The van der Waals surface area contributed by atoms with Gasteiger partial charge < -0.3 is 11.1 Å². The molecule has 0 heterocycles. The van der Waals surface area contributed by atoms with Crippen LogP contribution in [0.25, 0.3) is 0 Å². The van der Waals surface area contributed by atoms with E-state index in [1.54, 1.807) is 18.2 Å². The molecule has 1 unspecified atom stereocenters. The van der Waals surface area contributed by atoms with E-state index in [-0.39, 0.29) is 30.1 Å². The zero-order chi connectivity index (χ0) is 20.4. The van der Waals surface area contributed by atoms with E-state index < -0.39 is 21.8 Å². The molecule has 0 aliphatic carbocycles. The first-order valence-electron chi connectivity index (χ1n) is 8.97. The van der Waals surface area contributed by atoms with E-state index in [0.717, 1.165) is 11.0 Å². The minimum Gasteiger partial charge on any atom is -0.370 e. The van der Waals surface area contributed by atoms with E-state index in [0.29, 0.717) is 6.42 Å². The lowest BCUT2D eigenvalue weighted by Gasteiger charge is -2.14. The number of hydrogen-bond donors (Lipinski definition) is 2. The summed E-state index contributed by atoms with van der Waals surface area (Å²) in [4.78, 5) is 23.5. The van der Waals surface area contributed by atoms with Crippen molar-refractivity contribution in [2.75, 3.05) is 0 Å². The molecule has 0 aliphatic heterocycles. The Morgan fingerprint density at radius 1 is 0.964 bits per heavy atom. The van der Waals surface area contributed by atoms with Crippen LogP contribution in [0.3, 0.4) is 0 Å². The smallest absolute Gasteiger partial charge is 0.220 e. The van der Waals surface area contributed by atoms with Crippen molar-refractivity contribution in [2.24, 2.45) is 5.73 Å². The van der Waals surface area contributed by atoms with Gasteiger partial charge in [0.2, 0.25) is 11.8 Å². The lowest BCUT2D eigenvalue weighted by atomic mass is 10.1. The van der Waals surface area contributed by atoms with Crippen molar-refractivity contribution in [1.29, 1.82) is 0 Å². The first kappa shape index (κ1) is 21.4. The molecule has 28 heavy (non-hydrogen) atoms. The Hall–Kier alpha value is -2.93. The topological polar surface area (TPSA) is 106 Å². The highest BCUT2D eigenvalue weighted by Gasteiger charge is 2.14. The highest BCUT2D eigenvalue weighted by Crippen LogP contribution is 2.12. The fourth-order valence-corrected chi connectivity index (χ4v) is 3.67. The number of benzene rings is 2. The minimum absolute atomic E-state index is 0.0410. The van der Waals surface area contributed by atoms with E-state index in [9.17, 15) is 18.0 Å². The molecule has 0 spiro atoms. The van der Waals surface area contributed by atoms with Gasteiger partial charge in [-0.2, -0.15) is 0 Å². The summed E-state index contributed by atoms with van der Waals surface area (Å²) >= 11 is 0. The van der Waals surface area contributed by atoms with Crippen LogP contribution >= 0.6 is 0 Å². The van der Waals surface area contributed by atoms with Crippen molar-refractivity contribution in [1.82, 2.24) is 5.32 Å². The molecule has 6 nitrogen and oxygen atoms in total. The summed E-state index contributed by atoms with van der Waals surface area (Å²) in [7, 11) is -3.63. The molecule has 0 aromatic heterocycles. The summed E-state index contributed by atoms with van der Waals surface area (Å²) in [6, 6.07) is 17.0. The molecule has 0 bridgehead atoms. The average molecular weight is 401 g/mol. The molecule has 0 saturated carbocycles. The Balaban J connectivity index is 2.02. The summed E-state index contributed by atoms with van der Waals surface area (Å²) < 4.78 is 24.8. The van der Waals surface area contributed by atoms with Gasteiger partial charge in [0.05, 0.1) is 4.90 Å². The predicted molar refractivity (Wildman–Crippen MR) is 108 cm³/mol. The van der Waals surface area contributed by atoms with Crippen LogP contribution in [0.2, 0.25) is 0 Å². The third-order valence-electron chi connectivity index (χ3n) is 4.09. The highest BCUT2D eigenvalue weighted by atomic mass is 32.2. The fraction of sp³-hybridized carbons (Fsp3) is 0.238. The lowest BCUT2D eigenvalue weighted by Crippen LogP contribution is -2.34. The second-order valence-electron chi connectivity index (χ2n) is 6.35. The van der Waals surface area contributed by atoms with Gasteiger partial charge in [-0.25, -0.2) is 8.42 Å². The zero-order valence-corrected chi connectivity index (χ0v) is 16.3. The van der Waals surface area contributed by atoms with Crippen LogP contribution in [0.15, 0.2) is 77.0 Å². The lowest BCUT2D eigenvalue weighted by molar-refractivity contribution is -0.122. The van der Waals surface area contributed by atoms with Crippen molar-refractivity contribution < 1.29 is 18.0 Å². The molecular formula is C21H24N2O4S. The Morgan fingerprint density at radius 2 is 1.57 bits per heavy atom. The number of carbonyl (C=O) groups excluding carboxylic acids is 2. The van der Waals surface area contributed by atoms with Crippen LogP contribution in [0.4, 0.5) is 0 Å². The number of rotatable bonds is 10. The molecule has 7 heteroatoms. The summed E-state index contributed by atoms with van der Waals surface area (Å²) in [5, 5.41) is 3.83. The van der Waals surface area contributed by atoms with Gasteiger partial charge in [0.25, 0.3) is 0 Å². The van der Waals surface area contributed by atoms with Crippen LogP contribution in [-0.2, 0) is 25.8 Å². The van der Waals surface area contributed by atoms with Crippen LogP contribution in [-0.4, -0.2) is 26.3 Å². The quantitative estimate of drug-likeness (QED) is 0.638. The van der Waals surface area contributed by atoms with Crippen molar-refractivity contribution in [3.63, 3.8) is 0 Å². The molecule has 2 aromatic carbocycles. The molecule has 0 saturated heterocycles. The molecule has 3 N–H and O–H groups in total. The van der Waals surface area contributed by atoms with E-state index in [4.69, 9.17) is 5.73 Å². The van der Waals surface area contributed by atoms with Crippen LogP contribution in [0.1, 0.15) is 24.8 Å². The number of primary amides is 1. The Bertz CT molecular complexity index is 910. The molecule has 0 radical (unpaired) electrons. The average Bonchev–Trinajstić information content (AvgIpc) is 2.70. The third-order valence-corrected chi connectivity index (χ3v) is 5.54. The normalized spacial score (nSPS) is 12.6. The van der Waals surface area contributed by atoms with Gasteiger partial charge in [0.15, 0.2) is 9.84 Å². The molecule has 148 valence electrons. The monoisotopic (exact) mass is 400 g/mol. The number of amides is 2. The van der Waals surface area contributed by atoms with Gasteiger partial charge >= 0.3 is 0 Å². The molecular weight excluding hydrogens is 376 g/mol. The molecule has 2 rings (SSSR count). The minimum atomic E-state index is -3.63.